The van der Waals surface area contributed by atoms with Gasteiger partial charge in [-0.3, -0.25) is 0 Å². The molecule has 94 valence electrons. The van der Waals surface area contributed by atoms with Crippen molar-refractivity contribution in [1.82, 2.24) is 14.3 Å². The van der Waals surface area contributed by atoms with Gasteiger partial charge in [0.15, 0.2) is 0 Å². The number of sulfonamides is 1. The van der Waals surface area contributed by atoms with Crippen LogP contribution in [-0.2, 0) is 10.0 Å². The highest BCUT2D eigenvalue weighted by Gasteiger charge is 2.28. The van der Waals surface area contributed by atoms with E-state index in [1.54, 1.807) is 0 Å². The summed E-state index contributed by atoms with van der Waals surface area (Å²) in [6.07, 6.45) is 4.30. The molecular formula is C10H14ClN3O2S. The molecule has 7 heteroatoms. The molecule has 1 aliphatic heterocycles. The van der Waals surface area contributed by atoms with Crippen molar-refractivity contribution in [3.8, 4) is 0 Å². The van der Waals surface area contributed by atoms with Crippen molar-refractivity contribution in [3.63, 3.8) is 0 Å². The predicted molar refractivity (Wildman–Crippen MR) is 64.2 cm³/mol. The van der Waals surface area contributed by atoms with E-state index in [1.807, 2.05) is 0 Å². The monoisotopic (exact) mass is 275 g/mol. The summed E-state index contributed by atoms with van der Waals surface area (Å²) < 4.78 is 25.9. The van der Waals surface area contributed by atoms with E-state index in [0.29, 0.717) is 19.0 Å². The molecule has 2 rings (SSSR count). The number of hydrogen-bond donors (Lipinski definition) is 0. The zero-order valence-electron chi connectivity index (χ0n) is 9.50. The molecule has 0 aliphatic carbocycles. The van der Waals surface area contributed by atoms with Crippen molar-refractivity contribution in [1.29, 1.82) is 0 Å². The van der Waals surface area contributed by atoms with Crippen molar-refractivity contribution in [2.45, 2.75) is 24.7 Å². The first kappa shape index (κ1) is 12.7. The molecule has 1 aliphatic rings. The van der Waals surface area contributed by atoms with E-state index in [4.69, 9.17) is 11.6 Å². The molecule has 0 unspecified atom stereocenters. The fourth-order valence-electron chi connectivity index (χ4n) is 1.81. The lowest BCUT2D eigenvalue weighted by molar-refractivity contribution is 0.288. The molecule has 1 fully saturated rings. The van der Waals surface area contributed by atoms with Crippen LogP contribution in [0.15, 0.2) is 17.3 Å². The highest BCUT2D eigenvalue weighted by Crippen LogP contribution is 2.22. The topological polar surface area (TPSA) is 63.2 Å². The highest BCUT2D eigenvalue weighted by molar-refractivity contribution is 7.89. The Balaban J connectivity index is 2.21. The Morgan fingerprint density at radius 1 is 1.29 bits per heavy atom. The van der Waals surface area contributed by atoms with Gasteiger partial charge in [0, 0.05) is 13.1 Å². The zero-order valence-corrected chi connectivity index (χ0v) is 11.1. The Morgan fingerprint density at radius 3 is 2.35 bits per heavy atom. The molecule has 0 bridgehead atoms. The molecule has 0 amide bonds. The number of hydrogen-bond acceptors (Lipinski definition) is 4. The van der Waals surface area contributed by atoms with Crippen LogP contribution < -0.4 is 0 Å². The zero-order chi connectivity index (χ0) is 12.5. The Labute approximate surface area is 106 Å². The van der Waals surface area contributed by atoms with Crippen LogP contribution in [0.1, 0.15) is 19.8 Å². The molecule has 0 saturated carbocycles. The number of halogens is 1. The van der Waals surface area contributed by atoms with Gasteiger partial charge in [-0.05, 0) is 30.4 Å². The van der Waals surface area contributed by atoms with E-state index in [1.165, 1.54) is 16.7 Å². The third-order valence-electron chi connectivity index (χ3n) is 2.98. The van der Waals surface area contributed by atoms with Crippen LogP contribution >= 0.6 is 11.6 Å². The minimum Gasteiger partial charge on any atom is -0.225 e. The fourth-order valence-corrected chi connectivity index (χ4v) is 3.27. The minimum absolute atomic E-state index is 0.0521. The van der Waals surface area contributed by atoms with Crippen LogP contribution in [0.25, 0.3) is 0 Å². The van der Waals surface area contributed by atoms with Gasteiger partial charge < -0.3 is 0 Å². The largest absolute Gasteiger partial charge is 0.246 e. The summed E-state index contributed by atoms with van der Waals surface area (Å²) in [6, 6.07) is 0. The lowest BCUT2D eigenvalue weighted by atomic mass is 10.0. The Kier molecular flexibility index (Phi) is 3.65. The standard InChI is InChI=1S/C10H14ClN3O2S/c1-8-2-4-14(5-3-8)17(15,16)9-6-12-10(11)13-7-9/h6-8H,2-5H2,1H3. The molecule has 1 aromatic heterocycles. The van der Waals surface area contributed by atoms with Gasteiger partial charge in [-0.15, -0.1) is 0 Å². The SMILES string of the molecule is CC1CCN(S(=O)(=O)c2cnc(Cl)nc2)CC1. The molecule has 0 radical (unpaired) electrons. The van der Waals surface area contributed by atoms with E-state index in [9.17, 15) is 8.42 Å². The van der Waals surface area contributed by atoms with Gasteiger partial charge in [-0.25, -0.2) is 18.4 Å². The van der Waals surface area contributed by atoms with E-state index < -0.39 is 10.0 Å². The Morgan fingerprint density at radius 2 is 1.82 bits per heavy atom. The van der Waals surface area contributed by atoms with E-state index >= 15 is 0 Å². The summed E-state index contributed by atoms with van der Waals surface area (Å²) in [6.45, 7) is 3.26. The third kappa shape index (κ3) is 2.75. The second-order valence-corrected chi connectivity index (χ2v) is 6.55. The maximum Gasteiger partial charge on any atom is 0.246 e. The molecule has 0 N–H and O–H groups in total. The summed E-state index contributed by atoms with van der Waals surface area (Å²) in [5, 5.41) is 0.0521. The average molecular weight is 276 g/mol. The minimum atomic E-state index is -3.45. The molecule has 17 heavy (non-hydrogen) atoms. The van der Waals surface area contributed by atoms with Gasteiger partial charge in [0.1, 0.15) is 4.90 Å². The molecule has 2 heterocycles. The van der Waals surface area contributed by atoms with Crippen LogP contribution in [-0.4, -0.2) is 35.8 Å². The lowest BCUT2D eigenvalue weighted by Crippen LogP contribution is -2.37. The quantitative estimate of drug-likeness (QED) is 0.768. The molecule has 0 atom stereocenters. The third-order valence-corrected chi connectivity index (χ3v) is 5.02. The predicted octanol–water partition coefficient (Wildman–Crippen LogP) is 1.55. The van der Waals surface area contributed by atoms with Gasteiger partial charge in [0.25, 0.3) is 0 Å². The van der Waals surface area contributed by atoms with Crippen molar-refractivity contribution in [2.75, 3.05) is 13.1 Å². The summed E-state index contributed by atoms with van der Waals surface area (Å²) in [4.78, 5) is 7.52. The normalized spacial score (nSPS) is 19.4. The van der Waals surface area contributed by atoms with Crippen molar-refractivity contribution < 1.29 is 8.42 Å². The molecule has 0 aromatic carbocycles. The van der Waals surface area contributed by atoms with Gasteiger partial charge in [0.05, 0.1) is 12.4 Å². The average Bonchev–Trinajstić information content (AvgIpc) is 2.30. The highest BCUT2D eigenvalue weighted by atomic mass is 35.5. The summed E-state index contributed by atoms with van der Waals surface area (Å²) in [5.41, 5.74) is 0. The van der Waals surface area contributed by atoms with Crippen LogP contribution in [0, 0.1) is 5.92 Å². The smallest absolute Gasteiger partial charge is 0.225 e. The number of aromatic nitrogens is 2. The summed E-state index contributed by atoms with van der Waals surface area (Å²) >= 11 is 5.54. The van der Waals surface area contributed by atoms with Gasteiger partial charge in [-0.1, -0.05) is 6.92 Å². The first-order valence-corrected chi connectivity index (χ1v) is 7.29. The van der Waals surface area contributed by atoms with Crippen molar-refractivity contribution >= 4 is 21.6 Å². The molecule has 0 spiro atoms. The van der Waals surface area contributed by atoms with E-state index in [-0.39, 0.29) is 10.2 Å². The molecule has 1 saturated heterocycles. The maximum atomic E-state index is 12.2. The van der Waals surface area contributed by atoms with E-state index in [0.717, 1.165) is 12.8 Å². The van der Waals surface area contributed by atoms with Crippen LogP contribution in [0.2, 0.25) is 5.28 Å². The van der Waals surface area contributed by atoms with E-state index in [2.05, 4.69) is 16.9 Å². The lowest BCUT2D eigenvalue weighted by Gasteiger charge is -2.29. The summed E-state index contributed by atoms with van der Waals surface area (Å²) in [7, 11) is -3.45. The number of nitrogens with zero attached hydrogens (tertiary/aromatic N) is 3. The second-order valence-electron chi connectivity index (χ2n) is 4.27. The van der Waals surface area contributed by atoms with Gasteiger partial charge >= 0.3 is 0 Å². The molecular weight excluding hydrogens is 262 g/mol. The Bertz CT molecular complexity index is 481. The molecule has 5 nitrogen and oxygen atoms in total. The first-order valence-electron chi connectivity index (χ1n) is 5.48. The fraction of sp³-hybridized carbons (Fsp3) is 0.600. The molecule has 1 aromatic rings. The number of piperidine rings is 1. The van der Waals surface area contributed by atoms with Gasteiger partial charge in [-0.2, -0.15) is 4.31 Å². The Hall–Kier alpha value is -0.720. The van der Waals surface area contributed by atoms with Crippen molar-refractivity contribution in [2.24, 2.45) is 5.92 Å². The van der Waals surface area contributed by atoms with Crippen LogP contribution in [0.5, 0.6) is 0 Å². The summed E-state index contributed by atoms with van der Waals surface area (Å²) in [5.74, 6) is 0.586. The van der Waals surface area contributed by atoms with Crippen LogP contribution in [0.3, 0.4) is 0 Å². The number of rotatable bonds is 2. The van der Waals surface area contributed by atoms with Crippen LogP contribution in [0.4, 0.5) is 0 Å². The first-order chi connectivity index (χ1) is 8.00. The van der Waals surface area contributed by atoms with Gasteiger partial charge in [0.2, 0.25) is 15.3 Å². The van der Waals surface area contributed by atoms with Crippen molar-refractivity contribution in [3.05, 3.63) is 17.7 Å². The maximum absolute atomic E-state index is 12.2. The second kappa shape index (κ2) is 4.88.